The molecule has 0 saturated heterocycles. The Bertz CT molecular complexity index is 409. The van der Waals surface area contributed by atoms with Crippen LogP contribution >= 0.6 is 0 Å². The summed E-state index contributed by atoms with van der Waals surface area (Å²) in [7, 11) is 0. The Morgan fingerprint density at radius 2 is 2.06 bits per heavy atom. The molecule has 1 aromatic carbocycles. The summed E-state index contributed by atoms with van der Waals surface area (Å²) < 4.78 is 0. The lowest BCUT2D eigenvalue weighted by atomic mass is 10.1. The molecule has 0 spiro atoms. The zero-order valence-electron chi connectivity index (χ0n) is 9.99. The second-order valence-electron chi connectivity index (χ2n) is 3.66. The van der Waals surface area contributed by atoms with E-state index < -0.39 is 0 Å². The smallest absolute Gasteiger partial charge is 0.234 e. The van der Waals surface area contributed by atoms with Gasteiger partial charge in [-0.15, -0.1) is 0 Å². The zero-order valence-corrected chi connectivity index (χ0v) is 9.99. The Morgan fingerprint density at radius 1 is 1.35 bits per heavy atom. The van der Waals surface area contributed by atoms with Crippen LogP contribution in [0.15, 0.2) is 24.3 Å². The average molecular weight is 231 g/mol. The van der Waals surface area contributed by atoms with Gasteiger partial charge in [0.05, 0.1) is 12.6 Å². The molecule has 17 heavy (non-hydrogen) atoms. The molecule has 0 atom stereocenters. The third-order valence-electron chi connectivity index (χ3n) is 2.46. The van der Waals surface area contributed by atoms with Crippen molar-refractivity contribution in [3.63, 3.8) is 0 Å². The van der Waals surface area contributed by atoms with E-state index in [2.05, 4.69) is 29.7 Å². The average Bonchev–Trinajstić information content (AvgIpc) is 2.37. The van der Waals surface area contributed by atoms with Crippen LogP contribution in [0.2, 0.25) is 0 Å². The maximum Gasteiger partial charge on any atom is 0.234 e. The molecule has 0 saturated carbocycles. The van der Waals surface area contributed by atoms with Crippen molar-refractivity contribution < 1.29 is 4.79 Å². The number of carbonyl (C=O) groups excluding carboxylic acids is 1. The predicted molar refractivity (Wildman–Crippen MR) is 66.1 cm³/mol. The maximum atomic E-state index is 11.2. The summed E-state index contributed by atoms with van der Waals surface area (Å²) >= 11 is 0. The van der Waals surface area contributed by atoms with Gasteiger partial charge in [-0.1, -0.05) is 31.2 Å². The van der Waals surface area contributed by atoms with Crippen LogP contribution in [0.25, 0.3) is 0 Å². The SMILES string of the molecule is CCc1ccccc1CNCC(=O)NCC#N. The van der Waals surface area contributed by atoms with Gasteiger partial charge in [0, 0.05) is 6.54 Å². The van der Waals surface area contributed by atoms with Gasteiger partial charge in [0.25, 0.3) is 0 Å². The van der Waals surface area contributed by atoms with E-state index in [-0.39, 0.29) is 19.0 Å². The molecule has 0 fully saturated rings. The molecule has 2 N–H and O–H groups in total. The van der Waals surface area contributed by atoms with Crippen molar-refractivity contribution in [3.05, 3.63) is 35.4 Å². The predicted octanol–water partition coefficient (Wildman–Crippen LogP) is 0.978. The van der Waals surface area contributed by atoms with E-state index in [1.54, 1.807) is 0 Å². The Hall–Kier alpha value is -1.86. The van der Waals surface area contributed by atoms with Crippen molar-refractivity contribution >= 4 is 5.91 Å². The number of amides is 1. The number of rotatable bonds is 6. The molecule has 4 heteroatoms. The van der Waals surface area contributed by atoms with Crippen LogP contribution in [-0.2, 0) is 17.8 Å². The highest BCUT2D eigenvalue weighted by Gasteiger charge is 2.01. The number of aryl methyl sites for hydroxylation is 1. The highest BCUT2D eigenvalue weighted by Crippen LogP contribution is 2.08. The maximum absolute atomic E-state index is 11.2. The highest BCUT2D eigenvalue weighted by molar-refractivity contribution is 5.78. The third-order valence-corrected chi connectivity index (χ3v) is 2.46. The van der Waals surface area contributed by atoms with Crippen LogP contribution in [0.3, 0.4) is 0 Å². The molecule has 0 heterocycles. The molecular weight excluding hydrogens is 214 g/mol. The van der Waals surface area contributed by atoms with Crippen LogP contribution in [0.4, 0.5) is 0 Å². The van der Waals surface area contributed by atoms with Gasteiger partial charge >= 0.3 is 0 Å². The summed E-state index contributed by atoms with van der Waals surface area (Å²) in [5.74, 6) is -0.152. The lowest BCUT2D eigenvalue weighted by molar-refractivity contribution is -0.120. The number of nitrogens with one attached hydrogen (secondary N) is 2. The molecule has 90 valence electrons. The van der Waals surface area contributed by atoms with E-state index in [4.69, 9.17) is 5.26 Å². The zero-order chi connectivity index (χ0) is 12.5. The van der Waals surface area contributed by atoms with E-state index in [0.29, 0.717) is 6.54 Å². The normalized spacial score (nSPS) is 9.65. The first kappa shape index (κ1) is 13.2. The molecule has 0 aliphatic rings. The summed E-state index contributed by atoms with van der Waals surface area (Å²) in [5.41, 5.74) is 2.50. The molecule has 0 aliphatic heterocycles. The molecule has 1 aromatic rings. The summed E-state index contributed by atoms with van der Waals surface area (Å²) in [6.07, 6.45) is 0.985. The second kappa shape index (κ2) is 7.42. The molecule has 0 aliphatic carbocycles. The Labute approximate surface area is 102 Å². The molecule has 1 rings (SSSR count). The topological polar surface area (TPSA) is 64.9 Å². The fourth-order valence-electron chi connectivity index (χ4n) is 1.59. The lowest BCUT2D eigenvalue weighted by Crippen LogP contribution is -2.33. The van der Waals surface area contributed by atoms with Gasteiger partial charge in [-0.2, -0.15) is 5.26 Å². The number of carbonyl (C=O) groups is 1. The minimum Gasteiger partial charge on any atom is -0.342 e. The first-order chi connectivity index (χ1) is 8.27. The van der Waals surface area contributed by atoms with Crippen molar-refractivity contribution in [1.29, 1.82) is 5.26 Å². The fraction of sp³-hybridized carbons (Fsp3) is 0.385. The van der Waals surface area contributed by atoms with Crippen molar-refractivity contribution in [3.8, 4) is 6.07 Å². The quantitative estimate of drug-likeness (QED) is 0.717. The van der Waals surface area contributed by atoms with Gasteiger partial charge < -0.3 is 10.6 Å². The number of benzene rings is 1. The Kier molecular flexibility index (Phi) is 5.76. The Balaban J connectivity index is 2.36. The Morgan fingerprint density at radius 3 is 2.71 bits per heavy atom. The van der Waals surface area contributed by atoms with E-state index in [9.17, 15) is 4.79 Å². The van der Waals surface area contributed by atoms with Gasteiger partial charge in [0.1, 0.15) is 6.54 Å². The number of nitriles is 1. The van der Waals surface area contributed by atoms with Crippen LogP contribution < -0.4 is 10.6 Å². The van der Waals surface area contributed by atoms with Gasteiger partial charge in [0.15, 0.2) is 0 Å². The van der Waals surface area contributed by atoms with E-state index in [1.807, 2.05) is 18.2 Å². The van der Waals surface area contributed by atoms with Crippen molar-refractivity contribution in [2.24, 2.45) is 0 Å². The van der Waals surface area contributed by atoms with Crippen LogP contribution in [0, 0.1) is 11.3 Å². The molecule has 0 unspecified atom stereocenters. The monoisotopic (exact) mass is 231 g/mol. The number of hydrogen-bond donors (Lipinski definition) is 2. The van der Waals surface area contributed by atoms with Crippen molar-refractivity contribution in [2.75, 3.05) is 13.1 Å². The second-order valence-corrected chi connectivity index (χ2v) is 3.66. The van der Waals surface area contributed by atoms with Gasteiger partial charge in [-0.05, 0) is 17.5 Å². The van der Waals surface area contributed by atoms with Gasteiger partial charge in [-0.25, -0.2) is 0 Å². The molecule has 4 nitrogen and oxygen atoms in total. The molecule has 0 radical (unpaired) electrons. The number of nitrogens with zero attached hydrogens (tertiary/aromatic N) is 1. The van der Waals surface area contributed by atoms with Crippen LogP contribution in [0.1, 0.15) is 18.1 Å². The summed E-state index contributed by atoms with van der Waals surface area (Å²) in [5, 5.41) is 13.9. The van der Waals surface area contributed by atoms with Crippen molar-refractivity contribution in [2.45, 2.75) is 19.9 Å². The molecule has 0 bridgehead atoms. The van der Waals surface area contributed by atoms with E-state index in [0.717, 1.165) is 6.42 Å². The summed E-state index contributed by atoms with van der Waals surface area (Å²) in [6.45, 7) is 3.08. The number of hydrogen-bond acceptors (Lipinski definition) is 3. The van der Waals surface area contributed by atoms with Gasteiger partial charge in [-0.3, -0.25) is 4.79 Å². The van der Waals surface area contributed by atoms with E-state index in [1.165, 1.54) is 11.1 Å². The molecule has 0 aromatic heterocycles. The fourth-order valence-corrected chi connectivity index (χ4v) is 1.59. The summed E-state index contributed by atoms with van der Waals surface area (Å²) in [6, 6.07) is 10.0. The standard InChI is InChI=1S/C13H17N3O/c1-2-11-5-3-4-6-12(11)9-15-10-13(17)16-8-7-14/h3-6,15H,2,8-10H2,1H3,(H,16,17). The van der Waals surface area contributed by atoms with E-state index >= 15 is 0 Å². The largest absolute Gasteiger partial charge is 0.342 e. The highest BCUT2D eigenvalue weighted by atomic mass is 16.1. The lowest BCUT2D eigenvalue weighted by Gasteiger charge is -2.08. The molecular formula is C13H17N3O. The van der Waals surface area contributed by atoms with Gasteiger partial charge in [0.2, 0.25) is 5.91 Å². The molecule has 1 amide bonds. The minimum atomic E-state index is -0.152. The first-order valence-corrected chi connectivity index (χ1v) is 5.69. The minimum absolute atomic E-state index is 0.0616. The van der Waals surface area contributed by atoms with Crippen LogP contribution in [0.5, 0.6) is 0 Å². The third kappa shape index (κ3) is 4.66. The van der Waals surface area contributed by atoms with Crippen LogP contribution in [-0.4, -0.2) is 19.0 Å². The van der Waals surface area contributed by atoms with Crippen molar-refractivity contribution in [1.82, 2.24) is 10.6 Å². The first-order valence-electron chi connectivity index (χ1n) is 5.69. The summed E-state index contributed by atoms with van der Waals surface area (Å²) in [4.78, 5) is 11.2.